The van der Waals surface area contributed by atoms with Gasteiger partial charge in [-0.1, -0.05) is 6.07 Å². The van der Waals surface area contributed by atoms with Crippen LogP contribution in [0.2, 0.25) is 0 Å². The second kappa shape index (κ2) is 5.25. The van der Waals surface area contributed by atoms with Crippen molar-refractivity contribution in [3.8, 4) is 0 Å². The summed E-state index contributed by atoms with van der Waals surface area (Å²) in [5.41, 5.74) is 3.28. The molecule has 0 spiro atoms. The first-order valence-electron chi connectivity index (χ1n) is 6.90. The number of nitrogens with one attached hydrogen (secondary N) is 1. The van der Waals surface area contributed by atoms with Gasteiger partial charge in [-0.2, -0.15) is 0 Å². The third-order valence-electron chi connectivity index (χ3n) is 3.85. The summed E-state index contributed by atoms with van der Waals surface area (Å²) in [6, 6.07) is 6.21. The number of benzene rings is 1. The molecule has 0 radical (unpaired) electrons. The number of carbonyl (C=O) groups is 1. The van der Waals surface area contributed by atoms with Crippen LogP contribution in [0.1, 0.15) is 23.7 Å². The zero-order valence-electron chi connectivity index (χ0n) is 11.8. The number of fused-ring (bicyclic) bond motifs is 1. The molecule has 3 rings (SSSR count). The number of methoxy groups -OCH3 is 1. The first kappa shape index (κ1) is 13.1. The second-order valence-electron chi connectivity index (χ2n) is 5.40. The Hall–Kier alpha value is -1.88. The maximum Gasteiger partial charge on any atom is 0.248 e. The Labute approximate surface area is 117 Å². The van der Waals surface area contributed by atoms with Crippen molar-refractivity contribution in [2.45, 2.75) is 19.3 Å². The minimum Gasteiger partial charge on any atom is -0.375 e. The Balaban J connectivity index is 1.77. The SMILES string of the molecule is COCC(=O)N1CC[C@H](c2nc3ccc(C)cc3[nH]2)C1. The molecule has 1 aliphatic rings. The summed E-state index contributed by atoms with van der Waals surface area (Å²) in [5, 5.41) is 0. The Kier molecular flexibility index (Phi) is 3.44. The maximum atomic E-state index is 11.8. The zero-order chi connectivity index (χ0) is 14.1. The van der Waals surface area contributed by atoms with Crippen LogP contribution >= 0.6 is 0 Å². The summed E-state index contributed by atoms with van der Waals surface area (Å²) >= 11 is 0. The number of ether oxygens (including phenoxy) is 1. The van der Waals surface area contributed by atoms with Crippen molar-refractivity contribution in [1.29, 1.82) is 0 Å². The van der Waals surface area contributed by atoms with Crippen molar-refractivity contribution in [3.05, 3.63) is 29.6 Å². The molecule has 1 amide bonds. The Bertz CT molecular complexity index is 635. The lowest BCUT2D eigenvalue weighted by Crippen LogP contribution is -2.31. The first-order chi connectivity index (χ1) is 9.67. The number of aromatic amines is 1. The van der Waals surface area contributed by atoms with Crippen LogP contribution in [0.4, 0.5) is 0 Å². The van der Waals surface area contributed by atoms with Crippen LogP contribution < -0.4 is 0 Å². The smallest absolute Gasteiger partial charge is 0.248 e. The lowest BCUT2D eigenvalue weighted by Gasteiger charge is -2.15. The van der Waals surface area contributed by atoms with E-state index in [0.717, 1.165) is 36.4 Å². The summed E-state index contributed by atoms with van der Waals surface area (Å²) < 4.78 is 4.90. The molecule has 0 bridgehead atoms. The number of rotatable bonds is 3. The van der Waals surface area contributed by atoms with E-state index in [9.17, 15) is 4.79 Å². The number of nitrogens with zero attached hydrogens (tertiary/aromatic N) is 2. The van der Waals surface area contributed by atoms with Crippen molar-refractivity contribution in [1.82, 2.24) is 14.9 Å². The van der Waals surface area contributed by atoms with E-state index >= 15 is 0 Å². The molecule has 0 saturated carbocycles. The summed E-state index contributed by atoms with van der Waals surface area (Å²) in [7, 11) is 1.55. The molecule has 5 nitrogen and oxygen atoms in total. The van der Waals surface area contributed by atoms with Gasteiger partial charge in [-0.25, -0.2) is 4.98 Å². The number of hydrogen-bond donors (Lipinski definition) is 1. The van der Waals surface area contributed by atoms with E-state index < -0.39 is 0 Å². The Morgan fingerprint density at radius 1 is 1.55 bits per heavy atom. The van der Waals surface area contributed by atoms with Gasteiger partial charge in [-0.15, -0.1) is 0 Å². The predicted octanol–water partition coefficient (Wildman–Crippen LogP) is 1.83. The average Bonchev–Trinajstić information content (AvgIpc) is 3.04. The van der Waals surface area contributed by atoms with E-state index in [4.69, 9.17) is 4.74 Å². The largest absolute Gasteiger partial charge is 0.375 e. The summed E-state index contributed by atoms with van der Waals surface area (Å²) in [6.45, 7) is 3.73. The van der Waals surface area contributed by atoms with Gasteiger partial charge >= 0.3 is 0 Å². The monoisotopic (exact) mass is 273 g/mol. The highest BCUT2D eigenvalue weighted by atomic mass is 16.5. The van der Waals surface area contributed by atoms with Crippen molar-refractivity contribution >= 4 is 16.9 Å². The van der Waals surface area contributed by atoms with Crippen molar-refractivity contribution in [2.24, 2.45) is 0 Å². The van der Waals surface area contributed by atoms with Crippen LogP contribution in [0.3, 0.4) is 0 Å². The average molecular weight is 273 g/mol. The van der Waals surface area contributed by atoms with Gasteiger partial charge in [0.25, 0.3) is 0 Å². The van der Waals surface area contributed by atoms with Crippen LogP contribution in [0, 0.1) is 6.92 Å². The van der Waals surface area contributed by atoms with Crippen molar-refractivity contribution < 1.29 is 9.53 Å². The first-order valence-corrected chi connectivity index (χ1v) is 6.90. The molecule has 20 heavy (non-hydrogen) atoms. The van der Waals surface area contributed by atoms with Crippen LogP contribution in [0.5, 0.6) is 0 Å². The molecule has 1 aromatic heterocycles. The summed E-state index contributed by atoms with van der Waals surface area (Å²) in [6.07, 6.45) is 0.953. The zero-order valence-corrected chi connectivity index (χ0v) is 11.8. The lowest BCUT2D eigenvalue weighted by atomic mass is 10.1. The molecule has 106 valence electrons. The van der Waals surface area contributed by atoms with Crippen LogP contribution in [0.15, 0.2) is 18.2 Å². The van der Waals surface area contributed by atoms with Crippen LogP contribution in [-0.2, 0) is 9.53 Å². The van der Waals surface area contributed by atoms with Gasteiger partial charge in [0.15, 0.2) is 0 Å². The number of imidazole rings is 1. The highest BCUT2D eigenvalue weighted by Crippen LogP contribution is 2.27. The van der Waals surface area contributed by atoms with Gasteiger partial charge in [-0.05, 0) is 31.0 Å². The van der Waals surface area contributed by atoms with Gasteiger partial charge in [0, 0.05) is 26.1 Å². The molecule has 1 aromatic carbocycles. The number of likely N-dealkylation sites (tertiary alicyclic amines) is 1. The van der Waals surface area contributed by atoms with Crippen LogP contribution in [0.25, 0.3) is 11.0 Å². The topological polar surface area (TPSA) is 58.2 Å². The minimum atomic E-state index is 0.0574. The number of carbonyl (C=O) groups excluding carboxylic acids is 1. The van der Waals surface area contributed by atoms with E-state index in [1.165, 1.54) is 5.56 Å². The molecule has 0 unspecified atom stereocenters. The molecule has 0 aliphatic carbocycles. The second-order valence-corrected chi connectivity index (χ2v) is 5.40. The highest BCUT2D eigenvalue weighted by Gasteiger charge is 2.29. The molecular formula is C15H19N3O2. The molecule has 1 N–H and O–H groups in total. The Morgan fingerprint density at radius 3 is 3.20 bits per heavy atom. The van der Waals surface area contributed by atoms with E-state index in [2.05, 4.69) is 29.0 Å². The van der Waals surface area contributed by atoms with E-state index in [0.29, 0.717) is 5.92 Å². The normalized spacial score (nSPS) is 18.9. The molecule has 5 heteroatoms. The third-order valence-corrected chi connectivity index (χ3v) is 3.85. The highest BCUT2D eigenvalue weighted by molar-refractivity contribution is 5.78. The van der Waals surface area contributed by atoms with E-state index in [1.54, 1.807) is 7.11 Å². The van der Waals surface area contributed by atoms with Crippen LogP contribution in [-0.4, -0.2) is 47.6 Å². The molecule has 1 saturated heterocycles. The quantitative estimate of drug-likeness (QED) is 0.928. The predicted molar refractivity (Wildman–Crippen MR) is 76.6 cm³/mol. The standard InChI is InChI=1S/C15H19N3O2/c1-10-3-4-12-13(7-10)17-15(16-12)11-5-6-18(8-11)14(19)9-20-2/h3-4,7,11H,5-6,8-9H2,1-2H3,(H,16,17)/t11-/m0/s1. The molecular weight excluding hydrogens is 254 g/mol. The number of hydrogen-bond acceptors (Lipinski definition) is 3. The summed E-state index contributed by atoms with van der Waals surface area (Å²) in [5.74, 6) is 1.34. The van der Waals surface area contributed by atoms with Gasteiger partial charge < -0.3 is 14.6 Å². The van der Waals surface area contributed by atoms with Gasteiger partial charge in [0.1, 0.15) is 12.4 Å². The maximum absolute atomic E-state index is 11.8. The summed E-state index contributed by atoms with van der Waals surface area (Å²) in [4.78, 5) is 21.7. The lowest BCUT2D eigenvalue weighted by molar-refractivity contribution is -0.134. The van der Waals surface area contributed by atoms with Gasteiger partial charge in [0.05, 0.1) is 11.0 Å². The van der Waals surface area contributed by atoms with Crippen molar-refractivity contribution in [3.63, 3.8) is 0 Å². The molecule has 2 aromatic rings. The number of aryl methyl sites for hydroxylation is 1. The Morgan fingerprint density at radius 2 is 2.40 bits per heavy atom. The fraction of sp³-hybridized carbons (Fsp3) is 0.467. The van der Waals surface area contributed by atoms with Crippen molar-refractivity contribution in [2.75, 3.05) is 26.8 Å². The van der Waals surface area contributed by atoms with Gasteiger partial charge in [0.2, 0.25) is 5.91 Å². The number of H-pyrrole nitrogens is 1. The molecule has 2 heterocycles. The van der Waals surface area contributed by atoms with E-state index in [-0.39, 0.29) is 12.5 Å². The molecule has 1 fully saturated rings. The van der Waals surface area contributed by atoms with E-state index in [1.807, 2.05) is 11.0 Å². The fourth-order valence-corrected chi connectivity index (χ4v) is 2.76. The molecule has 1 aliphatic heterocycles. The number of aromatic nitrogens is 2. The minimum absolute atomic E-state index is 0.0574. The number of amides is 1. The van der Waals surface area contributed by atoms with Gasteiger partial charge in [-0.3, -0.25) is 4.79 Å². The third kappa shape index (κ3) is 2.41. The fourth-order valence-electron chi connectivity index (χ4n) is 2.76. The molecule has 1 atom stereocenters.